The standard InChI is InChI=1S/C19H15BrN2O5S/c1-2-27-14-7-10(6-13(20)16(14)23)8-15-17(24)22-19(28-15)21-12-5-3-4-11(9-12)18(25)26/h3-9,23H,2H2,1H3,(H,25,26)(H,21,22,24)/p-1/b15-8+. The Kier molecular flexibility index (Phi) is 6.05. The molecule has 0 bridgehead atoms. The Morgan fingerprint density at radius 1 is 1.39 bits per heavy atom. The Morgan fingerprint density at radius 2 is 2.18 bits per heavy atom. The van der Waals surface area contributed by atoms with E-state index >= 15 is 0 Å². The first-order valence-corrected chi connectivity index (χ1v) is 9.74. The number of hydrogen-bond donors (Lipinski definition) is 2. The molecule has 0 saturated carbocycles. The van der Waals surface area contributed by atoms with Gasteiger partial charge < -0.3 is 20.3 Å². The second-order valence-electron chi connectivity index (χ2n) is 5.60. The van der Waals surface area contributed by atoms with Crippen molar-refractivity contribution in [2.24, 2.45) is 4.99 Å². The lowest BCUT2D eigenvalue weighted by Gasteiger charge is -2.16. The Labute approximate surface area is 173 Å². The van der Waals surface area contributed by atoms with Crippen LogP contribution in [0.2, 0.25) is 0 Å². The summed E-state index contributed by atoms with van der Waals surface area (Å²) in [5.41, 5.74) is 1.15. The van der Waals surface area contributed by atoms with Crippen molar-refractivity contribution >= 4 is 56.5 Å². The average molecular weight is 462 g/mol. The van der Waals surface area contributed by atoms with E-state index in [1.54, 1.807) is 37.3 Å². The summed E-state index contributed by atoms with van der Waals surface area (Å²) in [4.78, 5) is 28.0. The molecule has 0 aliphatic carbocycles. The van der Waals surface area contributed by atoms with Crippen LogP contribution in [0.1, 0.15) is 22.8 Å². The van der Waals surface area contributed by atoms with Crippen molar-refractivity contribution in [1.82, 2.24) is 5.32 Å². The van der Waals surface area contributed by atoms with Gasteiger partial charge in [-0.15, -0.1) is 0 Å². The van der Waals surface area contributed by atoms with Gasteiger partial charge in [0.2, 0.25) is 0 Å². The van der Waals surface area contributed by atoms with Gasteiger partial charge in [-0.05, 0) is 60.7 Å². The number of rotatable bonds is 5. The summed E-state index contributed by atoms with van der Waals surface area (Å²) in [6.07, 6.45) is 1.63. The van der Waals surface area contributed by atoms with Gasteiger partial charge in [0.1, 0.15) is 5.75 Å². The molecule has 9 heteroatoms. The monoisotopic (exact) mass is 461 g/mol. The number of ether oxygens (including phenoxy) is 1. The van der Waals surface area contributed by atoms with Crippen LogP contribution in [0.4, 0.5) is 5.69 Å². The third-order valence-electron chi connectivity index (χ3n) is 3.60. The van der Waals surface area contributed by atoms with Gasteiger partial charge in [0.25, 0.3) is 5.91 Å². The first-order valence-electron chi connectivity index (χ1n) is 8.13. The number of carboxylic acid groups (broad SMARTS) is 1. The number of hydrogen-bond acceptors (Lipinski definition) is 6. The van der Waals surface area contributed by atoms with E-state index in [9.17, 15) is 14.7 Å². The second kappa shape index (κ2) is 8.49. The number of amides is 1. The molecule has 0 spiro atoms. The number of amidine groups is 1. The molecule has 3 rings (SSSR count). The number of carbonyl (C=O) groups excluding carboxylic acids is 1. The lowest BCUT2D eigenvalue weighted by Crippen LogP contribution is -2.19. The summed E-state index contributed by atoms with van der Waals surface area (Å²) in [6, 6.07) is 9.29. The fourth-order valence-corrected chi connectivity index (χ4v) is 3.69. The molecule has 28 heavy (non-hydrogen) atoms. The highest BCUT2D eigenvalue weighted by Gasteiger charge is 2.24. The summed E-state index contributed by atoms with van der Waals surface area (Å²) in [5.74, 6) is -1.44. The average Bonchev–Trinajstić information content (AvgIpc) is 2.98. The normalized spacial score (nSPS) is 16.4. The predicted octanol–water partition coefficient (Wildman–Crippen LogP) is 3.51. The maximum Gasteiger partial charge on any atom is 0.335 e. The topological polar surface area (TPSA) is 111 Å². The molecular formula is C19H14BrN2O5S-. The Balaban J connectivity index is 1.87. The molecule has 0 atom stereocenters. The number of carbonyl (C=O) groups is 2. The number of halogens is 1. The van der Waals surface area contributed by atoms with Crippen LogP contribution in [0.5, 0.6) is 11.5 Å². The molecule has 2 N–H and O–H groups in total. The first kappa shape index (κ1) is 20.0. The molecule has 2 aromatic rings. The maximum absolute atomic E-state index is 12.2. The molecule has 1 aliphatic heterocycles. The molecule has 7 nitrogen and oxygen atoms in total. The van der Waals surface area contributed by atoms with Crippen LogP contribution >= 0.6 is 27.7 Å². The molecule has 1 aliphatic rings. The highest BCUT2D eigenvalue weighted by Crippen LogP contribution is 2.35. The van der Waals surface area contributed by atoms with Crippen LogP contribution in [0.15, 0.2) is 50.8 Å². The molecule has 1 amide bonds. The van der Waals surface area contributed by atoms with Crippen molar-refractivity contribution in [3.8, 4) is 11.5 Å². The smallest absolute Gasteiger partial charge is 0.335 e. The van der Waals surface area contributed by atoms with E-state index in [2.05, 4.69) is 26.2 Å². The largest absolute Gasteiger partial charge is 0.869 e. The van der Waals surface area contributed by atoms with E-state index in [-0.39, 0.29) is 23.0 Å². The minimum Gasteiger partial charge on any atom is -0.869 e. The van der Waals surface area contributed by atoms with Gasteiger partial charge in [0.05, 0.1) is 22.8 Å². The molecule has 1 fully saturated rings. The van der Waals surface area contributed by atoms with Crippen molar-refractivity contribution in [2.45, 2.75) is 6.92 Å². The van der Waals surface area contributed by atoms with Gasteiger partial charge in [-0.1, -0.05) is 27.7 Å². The number of nitrogens with zero attached hydrogens (tertiary/aromatic N) is 1. The summed E-state index contributed by atoms with van der Waals surface area (Å²) < 4.78 is 5.67. The lowest BCUT2D eigenvalue weighted by atomic mass is 10.2. The molecule has 1 saturated heterocycles. The molecule has 2 aromatic carbocycles. The summed E-state index contributed by atoms with van der Waals surface area (Å²) in [6.45, 7) is 2.13. The van der Waals surface area contributed by atoms with Gasteiger partial charge >= 0.3 is 5.97 Å². The van der Waals surface area contributed by atoms with E-state index in [0.29, 0.717) is 32.4 Å². The fourth-order valence-electron chi connectivity index (χ4n) is 2.39. The molecule has 0 unspecified atom stereocenters. The molecule has 0 aromatic heterocycles. The van der Waals surface area contributed by atoms with E-state index in [4.69, 9.17) is 9.84 Å². The van der Waals surface area contributed by atoms with Gasteiger partial charge in [0, 0.05) is 4.47 Å². The number of aromatic carboxylic acids is 1. The molecular weight excluding hydrogens is 448 g/mol. The third-order valence-corrected chi connectivity index (χ3v) is 5.10. The summed E-state index contributed by atoms with van der Waals surface area (Å²) >= 11 is 4.33. The zero-order valence-electron chi connectivity index (χ0n) is 14.6. The maximum atomic E-state index is 12.2. The van der Waals surface area contributed by atoms with Crippen molar-refractivity contribution in [3.05, 3.63) is 56.9 Å². The molecule has 0 radical (unpaired) electrons. The minimum atomic E-state index is -1.05. The van der Waals surface area contributed by atoms with E-state index in [1.807, 2.05) is 0 Å². The van der Waals surface area contributed by atoms with Crippen molar-refractivity contribution in [1.29, 1.82) is 0 Å². The van der Waals surface area contributed by atoms with E-state index in [1.165, 1.54) is 12.1 Å². The SMILES string of the molecule is CCOc1cc(/C=C2/SC(=Nc3cccc(C(=O)O)c3)NC2=O)cc(Br)c1[O-]. The van der Waals surface area contributed by atoms with Gasteiger partial charge in [-0.2, -0.15) is 0 Å². The highest BCUT2D eigenvalue weighted by molar-refractivity contribution is 9.10. The molecule has 1 heterocycles. The second-order valence-corrected chi connectivity index (χ2v) is 7.49. The molecule has 144 valence electrons. The van der Waals surface area contributed by atoms with Crippen molar-refractivity contribution in [2.75, 3.05) is 6.61 Å². The Morgan fingerprint density at radius 3 is 2.89 bits per heavy atom. The van der Waals surface area contributed by atoms with Gasteiger partial charge in [-0.3, -0.25) is 4.79 Å². The highest BCUT2D eigenvalue weighted by atomic mass is 79.9. The van der Waals surface area contributed by atoms with Crippen LogP contribution in [0.25, 0.3) is 6.08 Å². The van der Waals surface area contributed by atoms with Crippen LogP contribution < -0.4 is 15.2 Å². The number of carboxylic acids is 1. The zero-order valence-corrected chi connectivity index (χ0v) is 17.0. The van der Waals surface area contributed by atoms with Crippen LogP contribution in [-0.2, 0) is 4.79 Å². The third kappa shape index (κ3) is 4.55. The summed E-state index contributed by atoms with van der Waals surface area (Å²) in [5, 5.41) is 24.0. The zero-order chi connectivity index (χ0) is 20.3. The van der Waals surface area contributed by atoms with Crippen molar-refractivity contribution in [3.63, 3.8) is 0 Å². The van der Waals surface area contributed by atoms with Gasteiger partial charge in [0.15, 0.2) is 5.17 Å². The van der Waals surface area contributed by atoms with Crippen LogP contribution in [0, 0.1) is 0 Å². The summed E-state index contributed by atoms with van der Waals surface area (Å²) in [7, 11) is 0. The number of benzene rings is 2. The fraction of sp³-hybridized carbons (Fsp3) is 0.105. The van der Waals surface area contributed by atoms with Crippen LogP contribution in [0.3, 0.4) is 0 Å². The number of nitrogens with one attached hydrogen (secondary N) is 1. The van der Waals surface area contributed by atoms with Gasteiger partial charge in [-0.25, -0.2) is 9.79 Å². The van der Waals surface area contributed by atoms with E-state index < -0.39 is 5.97 Å². The number of thioether (sulfide) groups is 1. The first-order chi connectivity index (χ1) is 13.4. The quantitative estimate of drug-likeness (QED) is 0.658. The lowest BCUT2D eigenvalue weighted by molar-refractivity contribution is -0.271. The Hall–Kier alpha value is -2.78. The minimum absolute atomic E-state index is 0.109. The number of aliphatic imine (C=N–C) groups is 1. The predicted molar refractivity (Wildman–Crippen MR) is 109 cm³/mol. The van der Waals surface area contributed by atoms with Crippen LogP contribution in [-0.4, -0.2) is 28.8 Å². The Bertz CT molecular complexity index is 1020. The van der Waals surface area contributed by atoms with E-state index in [0.717, 1.165) is 11.8 Å². The van der Waals surface area contributed by atoms with Crippen molar-refractivity contribution < 1.29 is 24.5 Å².